The van der Waals surface area contributed by atoms with Crippen LogP contribution in [0.5, 0.6) is 0 Å². The number of nitrogens with zero attached hydrogens (tertiary/aromatic N) is 1. The van der Waals surface area contributed by atoms with Gasteiger partial charge < -0.3 is 5.73 Å². The molecule has 0 spiro atoms. The Balaban J connectivity index is 2.12. The van der Waals surface area contributed by atoms with Gasteiger partial charge in [-0.2, -0.15) is 0 Å². The van der Waals surface area contributed by atoms with Gasteiger partial charge in [0.15, 0.2) is 0 Å². The van der Waals surface area contributed by atoms with E-state index in [1.165, 1.54) is 5.56 Å². The van der Waals surface area contributed by atoms with Gasteiger partial charge in [-0.1, -0.05) is 30.7 Å². The fourth-order valence-corrected chi connectivity index (χ4v) is 2.42. The average Bonchev–Trinajstić information content (AvgIpc) is 2.16. The molecule has 82 valence electrons. The number of halogens is 1. The monoisotopic (exact) mass is 224 g/mol. The Morgan fingerprint density at radius 1 is 1.53 bits per heavy atom. The number of hydrogen-bond donors (Lipinski definition) is 1. The second kappa shape index (κ2) is 4.52. The largest absolute Gasteiger partial charge is 0.325 e. The Hall–Kier alpha value is -0.570. The highest BCUT2D eigenvalue weighted by atomic mass is 35.5. The van der Waals surface area contributed by atoms with E-state index in [1.807, 2.05) is 12.1 Å². The molecular formula is C12H17ClN2. The van der Waals surface area contributed by atoms with E-state index in [4.69, 9.17) is 17.3 Å². The molecule has 1 saturated heterocycles. The molecule has 2 rings (SSSR count). The lowest BCUT2D eigenvalue weighted by Crippen LogP contribution is -2.56. The van der Waals surface area contributed by atoms with Crippen molar-refractivity contribution in [2.24, 2.45) is 5.73 Å². The van der Waals surface area contributed by atoms with Crippen LogP contribution >= 0.6 is 11.6 Å². The standard InChI is InChI=1S/C12H17ClN2/c1-2-12(15-7-11(14)8-15)9-4-3-5-10(13)6-9/h3-6,11-12H,2,7-8,14H2,1H3. The van der Waals surface area contributed by atoms with E-state index in [2.05, 4.69) is 24.0 Å². The summed E-state index contributed by atoms with van der Waals surface area (Å²) in [6, 6.07) is 8.96. The van der Waals surface area contributed by atoms with Gasteiger partial charge in [-0.25, -0.2) is 0 Å². The summed E-state index contributed by atoms with van der Waals surface area (Å²) >= 11 is 6.00. The second-order valence-corrected chi connectivity index (χ2v) is 4.63. The fourth-order valence-electron chi connectivity index (χ4n) is 2.22. The fraction of sp³-hybridized carbons (Fsp3) is 0.500. The first-order valence-electron chi connectivity index (χ1n) is 5.45. The van der Waals surface area contributed by atoms with Gasteiger partial charge in [-0.15, -0.1) is 0 Å². The number of benzene rings is 1. The molecule has 0 saturated carbocycles. The van der Waals surface area contributed by atoms with Crippen LogP contribution in [-0.4, -0.2) is 24.0 Å². The van der Waals surface area contributed by atoms with Crippen LogP contribution in [0.2, 0.25) is 5.02 Å². The second-order valence-electron chi connectivity index (χ2n) is 4.19. The summed E-state index contributed by atoms with van der Waals surface area (Å²) < 4.78 is 0. The van der Waals surface area contributed by atoms with Crippen molar-refractivity contribution in [3.05, 3.63) is 34.9 Å². The summed E-state index contributed by atoms with van der Waals surface area (Å²) in [5.41, 5.74) is 7.10. The molecule has 1 fully saturated rings. The SMILES string of the molecule is CCC(c1cccc(Cl)c1)N1CC(N)C1. The quantitative estimate of drug-likeness (QED) is 0.855. The summed E-state index contributed by atoms with van der Waals surface area (Å²) in [6.45, 7) is 4.21. The average molecular weight is 225 g/mol. The lowest BCUT2D eigenvalue weighted by atomic mass is 9.98. The van der Waals surface area contributed by atoms with Crippen molar-refractivity contribution in [2.45, 2.75) is 25.4 Å². The molecule has 2 N–H and O–H groups in total. The molecule has 1 aromatic rings. The third kappa shape index (κ3) is 2.33. The van der Waals surface area contributed by atoms with Crippen molar-refractivity contribution in [3.63, 3.8) is 0 Å². The molecule has 0 aliphatic carbocycles. The molecular weight excluding hydrogens is 208 g/mol. The van der Waals surface area contributed by atoms with E-state index >= 15 is 0 Å². The maximum Gasteiger partial charge on any atom is 0.0409 e. The molecule has 3 heteroatoms. The zero-order valence-electron chi connectivity index (χ0n) is 8.99. The molecule has 1 heterocycles. The van der Waals surface area contributed by atoms with E-state index in [0.29, 0.717) is 12.1 Å². The maximum absolute atomic E-state index is 6.00. The van der Waals surface area contributed by atoms with Gasteiger partial charge in [0.05, 0.1) is 0 Å². The number of hydrogen-bond acceptors (Lipinski definition) is 2. The van der Waals surface area contributed by atoms with E-state index < -0.39 is 0 Å². The zero-order valence-corrected chi connectivity index (χ0v) is 9.74. The van der Waals surface area contributed by atoms with Crippen molar-refractivity contribution < 1.29 is 0 Å². The van der Waals surface area contributed by atoms with Crippen LogP contribution in [0.1, 0.15) is 24.9 Å². The van der Waals surface area contributed by atoms with Gasteiger partial charge in [-0.3, -0.25) is 4.90 Å². The van der Waals surface area contributed by atoms with Crippen molar-refractivity contribution >= 4 is 11.6 Å². The molecule has 0 aromatic heterocycles. The minimum Gasteiger partial charge on any atom is -0.325 e. The molecule has 0 amide bonds. The third-order valence-electron chi connectivity index (χ3n) is 3.00. The highest BCUT2D eigenvalue weighted by Gasteiger charge is 2.29. The lowest BCUT2D eigenvalue weighted by Gasteiger charge is -2.42. The molecule has 1 unspecified atom stereocenters. The minimum absolute atomic E-state index is 0.359. The molecule has 0 bridgehead atoms. The number of nitrogens with two attached hydrogens (primary N) is 1. The molecule has 0 radical (unpaired) electrons. The molecule has 15 heavy (non-hydrogen) atoms. The van der Waals surface area contributed by atoms with Crippen LogP contribution in [0.4, 0.5) is 0 Å². The Labute approximate surface area is 96.0 Å². The van der Waals surface area contributed by atoms with Crippen molar-refractivity contribution in [2.75, 3.05) is 13.1 Å². The third-order valence-corrected chi connectivity index (χ3v) is 3.23. The number of rotatable bonds is 3. The van der Waals surface area contributed by atoms with Gasteiger partial charge >= 0.3 is 0 Å². The maximum atomic E-state index is 6.00. The first-order valence-corrected chi connectivity index (χ1v) is 5.83. The van der Waals surface area contributed by atoms with Crippen LogP contribution in [-0.2, 0) is 0 Å². The topological polar surface area (TPSA) is 29.3 Å². The summed E-state index contributed by atoms with van der Waals surface area (Å²) in [7, 11) is 0. The van der Waals surface area contributed by atoms with Gasteiger partial charge in [-0.05, 0) is 24.1 Å². The minimum atomic E-state index is 0.359. The van der Waals surface area contributed by atoms with Crippen LogP contribution in [0, 0.1) is 0 Å². The Morgan fingerprint density at radius 3 is 2.80 bits per heavy atom. The smallest absolute Gasteiger partial charge is 0.0409 e. The molecule has 2 nitrogen and oxygen atoms in total. The van der Waals surface area contributed by atoms with E-state index in [1.54, 1.807) is 0 Å². The predicted molar refractivity (Wildman–Crippen MR) is 64.0 cm³/mol. The summed E-state index contributed by atoms with van der Waals surface area (Å²) in [6.07, 6.45) is 1.10. The van der Waals surface area contributed by atoms with E-state index in [-0.39, 0.29) is 0 Å². The first-order chi connectivity index (χ1) is 7.20. The van der Waals surface area contributed by atoms with Crippen molar-refractivity contribution in [3.8, 4) is 0 Å². The van der Waals surface area contributed by atoms with Crippen LogP contribution in [0.3, 0.4) is 0 Å². The summed E-state index contributed by atoms with van der Waals surface area (Å²) in [4.78, 5) is 2.41. The van der Waals surface area contributed by atoms with Gasteiger partial charge in [0, 0.05) is 30.2 Å². The molecule has 1 aliphatic rings. The highest BCUT2D eigenvalue weighted by molar-refractivity contribution is 6.30. The van der Waals surface area contributed by atoms with Gasteiger partial charge in [0.1, 0.15) is 0 Å². The van der Waals surface area contributed by atoms with Crippen molar-refractivity contribution in [1.29, 1.82) is 0 Å². The molecule has 1 aliphatic heterocycles. The Bertz CT molecular complexity index is 334. The first kappa shape index (κ1) is 10.9. The van der Waals surface area contributed by atoms with Crippen LogP contribution < -0.4 is 5.73 Å². The van der Waals surface area contributed by atoms with Crippen LogP contribution in [0.15, 0.2) is 24.3 Å². The normalized spacial score (nSPS) is 19.9. The summed E-state index contributed by atoms with van der Waals surface area (Å²) in [5.74, 6) is 0. The zero-order chi connectivity index (χ0) is 10.8. The van der Waals surface area contributed by atoms with Gasteiger partial charge in [0.2, 0.25) is 0 Å². The predicted octanol–water partition coefficient (Wildman–Crippen LogP) is 2.43. The van der Waals surface area contributed by atoms with Crippen molar-refractivity contribution in [1.82, 2.24) is 4.90 Å². The van der Waals surface area contributed by atoms with Crippen LogP contribution in [0.25, 0.3) is 0 Å². The Morgan fingerprint density at radius 2 is 2.27 bits per heavy atom. The molecule has 1 atom stereocenters. The van der Waals surface area contributed by atoms with E-state index in [9.17, 15) is 0 Å². The van der Waals surface area contributed by atoms with Gasteiger partial charge in [0.25, 0.3) is 0 Å². The van der Waals surface area contributed by atoms with E-state index in [0.717, 1.165) is 24.5 Å². The molecule has 1 aromatic carbocycles. The Kier molecular flexibility index (Phi) is 3.29. The lowest BCUT2D eigenvalue weighted by molar-refractivity contribution is 0.0911. The summed E-state index contributed by atoms with van der Waals surface area (Å²) in [5, 5.41) is 0.816. The highest BCUT2D eigenvalue weighted by Crippen LogP contribution is 2.29. The number of likely N-dealkylation sites (tertiary alicyclic amines) is 1.